The van der Waals surface area contributed by atoms with Gasteiger partial charge < -0.3 is 0 Å². The van der Waals surface area contributed by atoms with Gasteiger partial charge in [0.05, 0.1) is 23.4 Å². The van der Waals surface area contributed by atoms with E-state index in [2.05, 4.69) is 23.1 Å². The SMILES string of the molecule is Cc1nc2c(c(=O)n1Cc1ccccc1-c1ccccc1)CN(Cc1ccc(C(F)(F)F)cc1)CC2. The first-order chi connectivity index (χ1) is 17.3. The molecule has 2 heterocycles. The summed E-state index contributed by atoms with van der Waals surface area (Å²) in [7, 11) is 0. The number of halogens is 3. The molecule has 184 valence electrons. The van der Waals surface area contributed by atoms with Gasteiger partial charge in [0, 0.05) is 26.1 Å². The highest BCUT2D eigenvalue weighted by Crippen LogP contribution is 2.29. The van der Waals surface area contributed by atoms with E-state index in [-0.39, 0.29) is 5.56 Å². The maximum atomic E-state index is 13.6. The van der Waals surface area contributed by atoms with E-state index in [1.807, 2.05) is 43.3 Å². The quantitative estimate of drug-likeness (QED) is 0.353. The highest BCUT2D eigenvalue weighted by Gasteiger charge is 2.30. The van der Waals surface area contributed by atoms with E-state index in [1.54, 1.807) is 4.57 Å². The molecular formula is C29H26F3N3O. The molecule has 0 fully saturated rings. The fraction of sp³-hybridized carbons (Fsp3) is 0.241. The van der Waals surface area contributed by atoms with E-state index in [0.29, 0.717) is 44.0 Å². The summed E-state index contributed by atoms with van der Waals surface area (Å²) in [4.78, 5) is 20.5. The first-order valence-corrected chi connectivity index (χ1v) is 11.9. The van der Waals surface area contributed by atoms with Crippen LogP contribution in [0.1, 0.15) is 33.8 Å². The highest BCUT2D eigenvalue weighted by molar-refractivity contribution is 5.67. The molecule has 0 saturated carbocycles. The molecule has 4 nitrogen and oxygen atoms in total. The van der Waals surface area contributed by atoms with Crippen molar-refractivity contribution >= 4 is 0 Å². The monoisotopic (exact) mass is 489 g/mol. The van der Waals surface area contributed by atoms with E-state index in [1.165, 1.54) is 12.1 Å². The maximum absolute atomic E-state index is 13.6. The summed E-state index contributed by atoms with van der Waals surface area (Å²) in [5, 5.41) is 0. The molecule has 4 aromatic rings. The van der Waals surface area contributed by atoms with E-state index < -0.39 is 11.7 Å². The molecule has 0 amide bonds. The van der Waals surface area contributed by atoms with Crippen LogP contribution in [0, 0.1) is 6.92 Å². The minimum atomic E-state index is -4.35. The Balaban J connectivity index is 1.40. The van der Waals surface area contributed by atoms with E-state index in [0.717, 1.165) is 40.1 Å². The zero-order chi connectivity index (χ0) is 25.3. The summed E-state index contributed by atoms with van der Waals surface area (Å²) >= 11 is 0. The summed E-state index contributed by atoms with van der Waals surface area (Å²) in [5.41, 5.74) is 4.74. The molecule has 0 bridgehead atoms. The second kappa shape index (κ2) is 9.74. The van der Waals surface area contributed by atoms with Crippen LogP contribution in [0.3, 0.4) is 0 Å². The number of fused-ring (bicyclic) bond motifs is 1. The molecule has 1 aliphatic heterocycles. The Bertz CT molecular complexity index is 1430. The molecule has 0 spiro atoms. The van der Waals surface area contributed by atoms with Crippen LogP contribution in [0.2, 0.25) is 0 Å². The average Bonchev–Trinajstić information content (AvgIpc) is 2.87. The van der Waals surface area contributed by atoms with Gasteiger partial charge in [-0.3, -0.25) is 14.3 Å². The molecule has 0 saturated heterocycles. The second-order valence-electron chi connectivity index (χ2n) is 9.15. The standard InChI is InChI=1S/C29H26F3N3O/c1-20-33-27-15-16-34(17-21-11-13-24(14-12-21)29(30,31)32)19-26(27)28(36)35(20)18-23-9-5-6-10-25(23)22-7-3-2-4-8-22/h2-14H,15-19H2,1H3. The number of benzene rings is 3. The van der Waals surface area contributed by atoms with E-state index in [9.17, 15) is 18.0 Å². The van der Waals surface area contributed by atoms with E-state index >= 15 is 0 Å². The topological polar surface area (TPSA) is 38.1 Å². The van der Waals surface area contributed by atoms with Gasteiger partial charge in [0.2, 0.25) is 0 Å². The van der Waals surface area contributed by atoms with Gasteiger partial charge in [-0.15, -0.1) is 0 Å². The van der Waals surface area contributed by atoms with Gasteiger partial charge in [-0.1, -0.05) is 66.7 Å². The predicted molar refractivity (Wildman–Crippen MR) is 133 cm³/mol. The highest BCUT2D eigenvalue weighted by atomic mass is 19.4. The number of alkyl halides is 3. The molecule has 0 aliphatic carbocycles. The molecule has 36 heavy (non-hydrogen) atoms. The minimum Gasteiger partial charge on any atom is -0.294 e. The summed E-state index contributed by atoms with van der Waals surface area (Å²) in [5.74, 6) is 0.679. The summed E-state index contributed by atoms with van der Waals surface area (Å²) in [6.45, 7) is 3.86. The third kappa shape index (κ3) is 4.97. The second-order valence-corrected chi connectivity index (χ2v) is 9.15. The molecule has 1 aromatic heterocycles. The van der Waals surface area contributed by atoms with E-state index in [4.69, 9.17) is 4.98 Å². The van der Waals surface area contributed by atoms with Gasteiger partial charge in [-0.05, 0) is 41.3 Å². The Morgan fingerprint density at radius 1 is 0.889 bits per heavy atom. The number of rotatable bonds is 5. The van der Waals surface area contributed by atoms with Crippen molar-refractivity contribution in [1.29, 1.82) is 0 Å². The molecule has 0 unspecified atom stereocenters. The van der Waals surface area contributed by atoms with Crippen molar-refractivity contribution in [3.63, 3.8) is 0 Å². The van der Waals surface area contributed by atoms with Gasteiger partial charge in [0.15, 0.2) is 0 Å². The fourth-order valence-electron chi connectivity index (χ4n) is 4.80. The molecule has 0 N–H and O–H groups in total. The van der Waals surface area contributed by atoms with Crippen molar-refractivity contribution in [1.82, 2.24) is 14.5 Å². The normalized spacial score (nSPS) is 14.0. The number of aryl methyl sites for hydroxylation is 1. The van der Waals surface area contributed by atoms with Crippen molar-refractivity contribution in [2.75, 3.05) is 6.54 Å². The average molecular weight is 490 g/mol. The maximum Gasteiger partial charge on any atom is 0.416 e. The Morgan fingerprint density at radius 3 is 2.31 bits per heavy atom. The van der Waals surface area contributed by atoms with Gasteiger partial charge in [-0.25, -0.2) is 4.98 Å². The lowest BCUT2D eigenvalue weighted by atomic mass is 9.99. The van der Waals surface area contributed by atoms with Crippen LogP contribution in [0.25, 0.3) is 11.1 Å². The van der Waals surface area contributed by atoms with Crippen molar-refractivity contribution < 1.29 is 13.2 Å². The van der Waals surface area contributed by atoms with Crippen molar-refractivity contribution in [3.8, 4) is 11.1 Å². The number of hydrogen-bond acceptors (Lipinski definition) is 3. The lowest BCUT2D eigenvalue weighted by Gasteiger charge is -2.29. The van der Waals surface area contributed by atoms with Crippen LogP contribution in [-0.2, 0) is 32.2 Å². The van der Waals surface area contributed by atoms with Crippen LogP contribution in [0.15, 0.2) is 83.7 Å². The van der Waals surface area contributed by atoms with Gasteiger partial charge in [0.1, 0.15) is 5.82 Å². The Labute approximate surface area is 207 Å². The van der Waals surface area contributed by atoms with Gasteiger partial charge >= 0.3 is 6.18 Å². The zero-order valence-corrected chi connectivity index (χ0v) is 19.9. The van der Waals surface area contributed by atoms with Gasteiger partial charge in [-0.2, -0.15) is 13.2 Å². The summed E-state index contributed by atoms with van der Waals surface area (Å²) < 4.78 is 40.4. The van der Waals surface area contributed by atoms with Crippen LogP contribution in [0.5, 0.6) is 0 Å². The number of nitrogens with zero attached hydrogens (tertiary/aromatic N) is 3. The summed E-state index contributed by atoms with van der Waals surface area (Å²) in [6, 6.07) is 23.4. The van der Waals surface area contributed by atoms with Crippen molar-refractivity contribution in [2.24, 2.45) is 0 Å². The lowest BCUT2D eigenvalue weighted by Crippen LogP contribution is -2.38. The smallest absolute Gasteiger partial charge is 0.294 e. The summed E-state index contributed by atoms with van der Waals surface area (Å²) in [6.07, 6.45) is -3.72. The minimum absolute atomic E-state index is 0.0579. The molecular weight excluding hydrogens is 463 g/mol. The van der Waals surface area contributed by atoms with Crippen LogP contribution >= 0.6 is 0 Å². The predicted octanol–water partition coefficient (Wildman–Crippen LogP) is 5.84. The number of hydrogen-bond donors (Lipinski definition) is 0. The first kappa shape index (κ1) is 24.0. The Hall–Kier alpha value is -3.71. The fourth-order valence-corrected chi connectivity index (χ4v) is 4.80. The third-order valence-corrected chi connectivity index (χ3v) is 6.70. The molecule has 5 rings (SSSR count). The van der Waals surface area contributed by atoms with Crippen LogP contribution < -0.4 is 5.56 Å². The number of aromatic nitrogens is 2. The largest absolute Gasteiger partial charge is 0.416 e. The third-order valence-electron chi connectivity index (χ3n) is 6.70. The first-order valence-electron chi connectivity index (χ1n) is 11.9. The molecule has 3 aromatic carbocycles. The molecule has 0 radical (unpaired) electrons. The van der Waals surface area contributed by atoms with Crippen molar-refractivity contribution in [3.05, 3.63) is 123 Å². The molecule has 1 aliphatic rings. The zero-order valence-electron chi connectivity index (χ0n) is 19.9. The molecule has 0 atom stereocenters. The van der Waals surface area contributed by atoms with Crippen LogP contribution in [0.4, 0.5) is 13.2 Å². The van der Waals surface area contributed by atoms with Gasteiger partial charge in [0.25, 0.3) is 5.56 Å². The lowest BCUT2D eigenvalue weighted by molar-refractivity contribution is -0.137. The van der Waals surface area contributed by atoms with Crippen LogP contribution in [-0.4, -0.2) is 21.0 Å². The van der Waals surface area contributed by atoms with Crippen molar-refractivity contribution in [2.45, 2.75) is 39.2 Å². The Morgan fingerprint density at radius 2 is 1.58 bits per heavy atom. The molecule has 7 heteroatoms. The Kier molecular flexibility index (Phi) is 6.49.